The molecule has 2 aromatic heterocycles. The van der Waals surface area contributed by atoms with Gasteiger partial charge in [0, 0.05) is 27.4 Å². The average molecular weight is 373 g/mol. The van der Waals surface area contributed by atoms with Crippen LogP contribution < -0.4 is 0 Å². The van der Waals surface area contributed by atoms with Crippen LogP contribution in [-0.2, 0) is 0 Å². The molecule has 1 N–H and O–H groups in total. The zero-order valence-electron chi connectivity index (χ0n) is 12.6. The molecule has 0 saturated heterocycles. The van der Waals surface area contributed by atoms with Crippen LogP contribution >= 0.6 is 23.2 Å². The number of aliphatic imine (C=N–C) groups is 1. The van der Waals surface area contributed by atoms with Crippen molar-refractivity contribution in [3.8, 4) is 16.9 Å². The normalized spacial score (nSPS) is 11.0. The van der Waals surface area contributed by atoms with Gasteiger partial charge in [-0.25, -0.2) is 4.99 Å². The third kappa shape index (κ3) is 3.65. The van der Waals surface area contributed by atoms with Crippen LogP contribution in [0, 0.1) is 0 Å². The summed E-state index contributed by atoms with van der Waals surface area (Å²) >= 11 is 12.4. The molecule has 0 atom stereocenters. The Labute approximate surface area is 152 Å². The predicted molar refractivity (Wildman–Crippen MR) is 95.3 cm³/mol. The maximum absolute atomic E-state index is 12.5. The van der Waals surface area contributed by atoms with Crippen LogP contribution in [0.5, 0.6) is 5.75 Å². The monoisotopic (exact) mass is 372 g/mol. The SMILES string of the molecule is O=C(N=Cc1ncccc1O)c1nnccc1-c1c(Cl)cccc1Cl. The highest BCUT2D eigenvalue weighted by molar-refractivity contribution is 6.39. The summed E-state index contributed by atoms with van der Waals surface area (Å²) in [4.78, 5) is 20.2. The third-order valence-corrected chi connectivity index (χ3v) is 3.91. The standard InChI is InChI=1S/C17H10Cl2N4O2/c18-11-3-1-4-12(19)15(11)10-6-8-22-23-16(10)17(25)21-9-13-14(24)5-2-7-20-13/h1-9,24H. The Bertz CT molecular complexity index is 956. The third-order valence-electron chi connectivity index (χ3n) is 3.28. The molecule has 1 aromatic carbocycles. The van der Waals surface area contributed by atoms with Gasteiger partial charge in [-0.2, -0.15) is 5.10 Å². The van der Waals surface area contributed by atoms with E-state index in [4.69, 9.17) is 23.2 Å². The van der Waals surface area contributed by atoms with Crippen molar-refractivity contribution in [3.63, 3.8) is 0 Å². The van der Waals surface area contributed by atoms with Crippen LogP contribution in [0.1, 0.15) is 16.2 Å². The van der Waals surface area contributed by atoms with Gasteiger partial charge in [-0.1, -0.05) is 29.3 Å². The van der Waals surface area contributed by atoms with E-state index in [1.165, 1.54) is 18.5 Å². The average Bonchev–Trinajstić information content (AvgIpc) is 2.61. The first-order valence-electron chi connectivity index (χ1n) is 7.06. The zero-order valence-corrected chi connectivity index (χ0v) is 14.1. The zero-order chi connectivity index (χ0) is 17.8. The van der Waals surface area contributed by atoms with E-state index in [-0.39, 0.29) is 17.1 Å². The number of rotatable bonds is 3. The quantitative estimate of drug-likeness (QED) is 0.706. The van der Waals surface area contributed by atoms with Crippen molar-refractivity contribution in [2.75, 3.05) is 0 Å². The maximum Gasteiger partial charge on any atom is 0.298 e. The number of hydrogen-bond acceptors (Lipinski definition) is 5. The number of carbonyl (C=O) groups excluding carboxylic acids is 1. The predicted octanol–water partition coefficient (Wildman–Crippen LogP) is 3.81. The molecule has 0 fully saturated rings. The van der Waals surface area contributed by atoms with Gasteiger partial charge in [-0.15, -0.1) is 5.10 Å². The van der Waals surface area contributed by atoms with E-state index in [0.29, 0.717) is 21.2 Å². The van der Waals surface area contributed by atoms with E-state index in [1.807, 2.05) is 0 Å². The summed E-state index contributed by atoms with van der Waals surface area (Å²) in [5, 5.41) is 18.0. The summed E-state index contributed by atoms with van der Waals surface area (Å²) in [6.45, 7) is 0. The Balaban J connectivity index is 2.02. The van der Waals surface area contributed by atoms with E-state index in [1.54, 1.807) is 30.3 Å². The van der Waals surface area contributed by atoms with Gasteiger partial charge < -0.3 is 5.11 Å². The summed E-state index contributed by atoms with van der Waals surface area (Å²) in [5.41, 5.74) is 1.04. The number of pyridine rings is 1. The molecule has 3 rings (SSSR count). The fourth-order valence-corrected chi connectivity index (χ4v) is 2.74. The molecule has 6 nitrogen and oxygen atoms in total. The van der Waals surface area contributed by atoms with Crippen LogP contribution in [0.2, 0.25) is 10.0 Å². The Kier molecular flexibility index (Phi) is 5.02. The Morgan fingerprint density at radius 2 is 1.84 bits per heavy atom. The molecule has 3 aromatic rings. The minimum absolute atomic E-state index is 0.0100. The van der Waals surface area contributed by atoms with Crippen molar-refractivity contribution in [1.82, 2.24) is 15.2 Å². The van der Waals surface area contributed by atoms with Crippen molar-refractivity contribution in [1.29, 1.82) is 0 Å². The number of hydrogen-bond donors (Lipinski definition) is 1. The largest absolute Gasteiger partial charge is 0.506 e. The smallest absolute Gasteiger partial charge is 0.298 e. The Morgan fingerprint density at radius 3 is 2.56 bits per heavy atom. The molecule has 0 saturated carbocycles. The highest BCUT2D eigenvalue weighted by Crippen LogP contribution is 2.35. The Hall–Kier alpha value is -2.83. The first-order chi connectivity index (χ1) is 12.1. The van der Waals surface area contributed by atoms with Gasteiger partial charge in [0.25, 0.3) is 5.91 Å². The number of nitrogens with zero attached hydrogens (tertiary/aromatic N) is 4. The van der Waals surface area contributed by atoms with E-state index in [2.05, 4.69) is 20.2 Å². The molecule has 0 radical (unpaired) electrons. The van der Waals surface area contributed by atoms with E-state index in [0.717, 1.165) is 6.21 Å². The number of carbonyl (C=O) groups is 1. The molecule has 124 valence electrons. The lowest BCUT2D eigenvalue weighted by Crippen LogP contribution is -2.05. The van der Waals surface area contributed by atoms with Crippen molar-refractivity contribution < 1.29 is 9.90 Å². The van der Waals surface area contributed by atoms with Crippen LogP contribution in [0.25, 0.3) is 11.1 Å². The van der Waals surface area contributed by atoms with Gasteiger partial charge in [-0.3, -0.25) is 9.78 Å². The topological polar surface area (TPSA) is 88.3 Å². The number of amides is 1. The lowest BCUT2D eigenvalue weighted by Gasteiger charge is -2.09. The van der Waals surface area contributed by atoms with E-state index >= 15 is 0 Å². The minimum atomic E-state index is -0.663. The van der Waals surface area contributed by atoms with Crippen molar-refractivity contribution in [2.45, 2.75) is 0 Å². The number of aromatic nitrogens is 3. The second-order valence-electron chi connectivity index (χ2n) is 4.86. The summed E-state index contributed by atoms with van der Waals surface area (Å²) in [5.74, 6) is -0.753. The van der Waals surface area contributed by atoms with E-state index in [9.17, 15) is 9.90 Å². The minimum Gasteiger partial charge on any atom is -0.506 e. The van der Waals surface area contributed by atoms with Gasteiger partial charge in [0.1, 0.15) is 11.4 Å². The van der Waals surface area contributed by atoms with Crippen LogP contribution in [0.4, 0.5) is 0 Å². The number of aromatic hydroxyl groups is 1. The highest BCUT2D eigenvalue weighted by Gasteiger charge is 2.18. The van der Waals surface area contributed by atoms with Crippen LogP contribution in [0.15, 0.2) is 53.8 Å². The first kappa shape index (κ1) is 17.0. The summed E-state index contributed by atoms with van der Waals surface area (Å²) in [6.07, 6.45) is 4.06. The first-order valence-corrected chi connectivity index (χ1v) is 7.82. The van der Waals surface area contributed by atoms with E-state index < -0.39 is 5.91 Å². The Morgan fingerprint density at radius 1 is 1.08 bits per heavy atom. The fourth-order valence-electron chi connectivity index (χ4n) is 2.14. The number of benzene rings is 1. The molecule has 25 heavy (non-hydrogen) atoms. The molecule has 0 aliphatic heterocycles. The van der Waals surface area contributed by atoms with Crippen molar-refractivity contribution in [3.05, 3.63) is 70.2 Å². The molecule has 0 aliphatic carbocycles. The van der Waals surface area contributed by atoms with Gasteiger partial charge in [-0.05, 0) is 30.3 Å². The van der Waals surface area contributed by atoms with Gasteiger partial charge in [0.15, 0.2) is 5.69 Å². The van der Waals surface area contributed by atoms with Gasteiger partial charge >= 0.3 is 0 Å². The van der Waals surface area contributed by atoms with Gasteiger partial charge in [0.2, 0.25) is 0 Å². The summed E-state index contributed by atoms with van der Waals surface area (Å²) in [6, 6.07) is 9.61. The molecule has 0 aliphatic rings. The summed E-state index contributed by atoms with van der Waals surface area (Å²) < 4.78 is 0. The van der Waals surface area contributed by atoms with Crippen molar-refractivity contribution >= 4 is 35.3 Å². The maximum atomic E-state index is 12.5. The molecule has 2 heterocycles. The second kappa shape index (κ2) is 7.38. The molecule has 1 amide bonds. The molecule has 0 unspecified atom stereocenters. The second-order valence-corrected chi connectivity index (χ2v) is 5.68. The summed E-state index contributed by atoms with van der Waals surface area (Å²) in [7, 11) is 0. The molecule has 8 heteroatoms. The van der Waals surface area contributed by atoms with Crippen LogP contribution in [0.3, 0.4) is 0 Å². The molecule has 0 bridgehead atoms. The van der Waals surface area contributed by atoms with Gasteiger partial charge in [0.05, 0.1) is 12.4 Å². The lowest BCUT2D eigenvalue weighted by molar-refractivity contribution is 0.0998. The lowest BCUT2D eigenvalue weighted by atomic mass is 10.0. The highest BCUT2D eigenvalue weighted by atomic mass is 35.5. The fraction of sp³-hybridized carbons (Fsp3) is 0. The molecular weight excluding hydrogens is 363 g/mol. The molecular formula is C17H10Cl2N4O2. The van der Waals surface area contributed by atoms with Crippen molar-refractivity contribution in [2.24, 2.45) is 4.99 Å². The number of halogens is 2. The molecule has 0 spiro atoms. The van der Waals surface area contributed by atoms with Crippen LogP contribution in [-0.4, -0.2) is 32.4 Å².